The van der Waals surface area contributed by atoms with Crippen molar-refractivity contribution in [3.63, 3.8) is 0 Å². The van der Waals surface area contributed by atoms with Gasteiger partial charge in [-0.2, -0.15) is 0 Å². The van der Waals surface area contributed by atoms with E-state index in [-0.39, 0.29) is 19.0 Å². The molecule has 2 amide bonds. The minimum Gasteiger partial charge on any atom is -0.497 e. The van der Waals surface area contributed by atoms with Crippen LogP contribution in [0.2, 0.25) is 0 Å². The first-order valence-electron chi connectivity index (χ1n) is 13.8. The molecule has 0 spiro atoms. The molecule has 0 fully saturated rings. The van der Waals surface area contributed by atoms with Gasteiger partial charge >= 0.3 is 0 Å². The van der Waals surface area contributed by atoms with Crippen molar-refractivity contribution in [3.05, 3.63) is 102 Å². The Labute approximate surface area is 254 Å². The van der Waals surface area contributed by atoms with E-state index in [1.807, 2.05) is 54.6 Å². The average Bonchev–Trinajstić information content (AvgIpc) is 3.47. The number of methoxy groups -OCH3 is 4. The van der Waals surface area contributed by atoms with E-state index in [1.54, 1.807) is 43.5 Å². The van der Waals surface area contributed by atoms with Crippen molar-refractivity contribution in [3.8, 4) is 23.0 Å². The molecule has 0 aliphatic carbocycles. The molecule has 226 valence electrons. The first-order chi connectivity index (χ1) is 21.4. The number of benzene rings is 4. The van der Waals surface area contributed by atoms with Crippen LogP contribution in [0.4, 0.5) is 5.69 Å². The number of carbonyl (C=O) groups excluding carboxylic acids is 2. The maximum Gasteiger partial charge on any atom is 0.251 e. The third-order valence-electron chi connectivity index (χ3n) is 7.14. The lowest BCUT2D eigenvalue weighted by Crippen LogP contribution is -2.42. The van der Waals surface area contributed by atoms with Crippen molar-refractivity contribution < 1.29 is 28.5 Å². The minimum atomic E-state index is -1.12. The van der Waals surface area contributed by atoms with Gasteiger partial charge in [-0.25, -0.2) is 4.68 Å². The van der Waals surface area contributed by atoms with Gasteiger partial charge in [0, 0.05) is 12.2 Å². The predicted octanol–water partition coefficient (Wildman–Crippen LogP) is 4.87. The molecule has 1 atom stereocenters. The Kier molecular flexibility index (Phi) is 9.24. The van der Waals surface area contributed by atoms with Crippen LogP contribution in [0.1, 0.15) is 17.2 Å². The molecule has 0 aliphatic heterocycles. The molecule has 0 saturated carbocycles. The summed E-state index contributed by atoms with van der Waals surface area (Å²) in [6.07, 6.45) is 0. The number of para-hydroxylation sites is 1. The van der Waals surface area contributed by atoms with E-state index in [9.17, 15) is 9.59 Å². The quantitative estimate of drug-likeness (QED) is 0.217. The Morgan fingerprint density at radius 3 is 2.11 bits per heavy atom. The van der Waals surface area contributed by atoms with Gasteiger partial charge in [0.15, 0.2) is 11.5 Å². The number of nitrogens with zero attached hydrogens (tertiary/aromatic N) is 4. The van der Waals surface area contributed by atoms with Gasteiger partial charge in [0.05, 0.1) is 34.0 Å². The maximum atomic E-state index is 14.3. The Balaban J connectivity index is 1.62. The highest BCUT2D eigenvalue weighted by atomic mass is 16.5. The number of carbonyl (C=O) groups is 2. The molecule has 0 aliphatic rings. The van der Waals surface area contributed by atoms with E-state index >= 15 is 0 Å². The van der Waals surface area contributed by atoms with Crippen molar-refractivity contribution in [2.24, 2.45) is 0 Å². The fraction of sp³-hybridized carbons (Fsp3) is 0.212. The van der Waals surface area contributed by atoms with E-state index in [0.717, 1.165) is 5.56 Å². The zero-order valence-corrected chi connectivity index (χ0v) is 24.9. The van der Waals surface area contributed by atoms with Crippen LogP contribution >= 0.6 is 0 Å². The molecule has 0 saturated heterocycles. The molecule has 5 rings (SSSR count). The second-order valence-corrected chi connectivity index (χ2v) is 9.82. The number of hydrogen-bond donors (Lipinski definition) is 1. The zero-order chi connectivity index (χ0) is 31.1. The Morgan fingerprint density at radius 1 is 0.818 bits per heavy atom. The highest BCUT2D eigenvalue weighted by Crippen LogP contribution is 2.41. The minimum absolute atomic E-state index is 0.129. The molecular formula is C33H33N5O6. The second-order valence-electron chi connectivity index (χ2n) is 9.82. The molecule has 1 N–H and O–H groups in total. The number of nitrogens with one attached hydrogen (secondary N) is 1. The number of aromatic nitrogens is 3. The van der Waals surface area contributed by atoms with E-state index < -0.39 is 11.9 Å². The van der Waals surface area contributed by atoms with Crippen LogP contribution in [0.25, 0.3) is 11.0 Å². The van der Waals surface area contributed by atoms with Gasteiger partial charge in [-0.15, -0.1) is 5.10 Å². The smallest absolute Gasteiger partial charge is 0.251 e. The Morgan fingerprint density at radius 2 is 1.48 bits per heavy atom. The van der Waals surface area contributed by atoms with E-state index in [4.69, 9.17) is 18.9 Å². The fourth-order valence-corrected chi connectivity index (χ4v) is 4.97. The molecule has 44 heavy (non-hydrogen) atoms. The summed E-state index contributed by atoms with van der Waals surface area (Å²) in [6, 6.07) is 26.0. The number of anilines is 1. The lowest BCUT2D eigenvalue weighted by atomic mass is 10.0. The van der Waals surface area contributed by atoms with E-state index in [1.165, 1.54) is 30.9 Å². The van der Waals surface area contributed by atoms with Crippen LogP contribution in [-0.2, 0) is 22.7 Å². The summed E-state index contributed by atoms with van der Waals surface area (Å²) in [4.78, 5) is 30.1. The standard InChI is InChI=1S/C33H33N5O6/c1-41-25-16-14-24(15-17-25)34-33(40)31(23-18-28(42-2)32(44-4)29(19-23)43-3)37(20-22-10-6-5-7-11-22)30(39)21-38-27-13-9-8-12-26(27)35-36-38/h5-19,31H,20-21H2,1-4H3,(H,34,40)/t31-/m0/s1. The molecule has 11 nitrogen and oxygen atoms in total. The summed E-state index contributed by atoms with van der Waals surface area (Å²) in [5.74, 6) is 0.899. The van der Waals surface area contributed by atoms with Crippen molar-refractivity contribution in [1.29, 1.82) is 0 Å². The number of hydrogen-bond acceptors (Lipinski definition) is 8. The molecule has 5 aromatic rings. The molecule has 0 unspecified atom stereocenters. The molecular weight excluding hydrogens is 562 g/mol. The van der Waals surface area contributed by atoms with Crippen LogP contribution in [0, 0.1) is 0 Å². The number of fused-ring (bicyclic) bond motifs is 1. The average molecular weight is 596 g/mol. The van der Waals surface area contributed by atoms with Crippen molar-refractivity contribution in [2.45, 2.75) is 19.1 Å². The van der Waals surface area contributed by atoms with E-state index in [0.29, 0.717) is 45.3 Å². The molecule has 1 heterocycles. The van der Waals surface area contributed by atoms with Gasteiger partial charge in [-0.3, -0.25) is 9.59 Å². The highest BCUT2D eigenvalue weighted by Gasteiger charge is 2.34. The molecule has 0 radical (unpaired) electrons. The number of ether oxygens (including phenoxy) is 4. The zero-order valence-electron chi connectivity index (χ0n) is 24.9. The monoisotopic (exact) mass is 595 g/mol. The van der Waals surface area contributed by atoms with Gasteiger partial charge in [-0.05, 0) is 59.7 Å². The van der Waals surface area contributed by atoms with E-state index in [2.05, 4.69) is 15.6 Å². The predicted molar refractivity (Wildman–Crippen MR) is 165 cm³/mol. The van der Waals surface area contributed by atoms with Gasteiger partial charge in [-0.1, -0.05) is 47.7 Å². The summed E-state index contributed by atoms with van der Waals surface area (Å²) in [5, 5.41) is 11.4. The first-order valence-corrected chi connectivity index (χ1v) is 13.8. The molecule has 0 bridgehead atoms. The number of amides is 2. The van der Waals surface area contributed by atoms with Gasteiger partial charge in [0.1, 0.15) is 23.9 Å². The van der Waals surface area contributed by atoms with Crippen molar-refractivity contribution in [1.82, 2.24) is 19.9 Å². The van der Waals surface area contributed by atoms with Gasteiger partial charge in [0.2, 0.25) is 11.7 Å². The van der Waals surface area contributed by atoms with Crippen LogP contribution in [0.15, 0.2) is 91.0 Å². The SMILES string of the molecule is COc1ccc(NC(=O)[C@H](c2cc(OC)c(OC)c(OC)c2)N(Cc2ccccc2)C(=O)Cn2nnc3ccccc32)cc1. The van der Waals surface area contributed by atoms with Crippen LogP contribution in [0.3, 0.4) is 0 Å². The summed E-state index contributed by atoms with van der Waals surface area (Å²) >= 11 is 0. The lowest BCUT2D eigenvalue weighted by molar-refractivity contribution is -0.140. The third kappa shape index (κ3) is 6.41. The lowest BCUT2D eigenvalue weighted by Gasteiger charge is -2.32. The van der Waals surface area contributed by atoms with Crippen LogP contribution in [-0.4, -0.2) is 60.1 Å². The van der Waals surface area contributed by atoms with Gasteiger partial charge in [0.25, 0.3) is 5.91 Å². The fourth-order valence-electron chi connectivity index (χ4n) is 4.97. The normalized spacial score (nSPS) is 11.5. The topological polar surface area (TPSA) is 117 Å². The summed E-state index contributed by atoms with van der Waals surface area (Å²) in [6.45, 7) is -0.0201. The van der Waals surface area contributed by atoms with Crippen LogP contribution in [0.5, 0.6) is 23.0 Å². The molecule has 11 heteroatoms. The Hall–Kier alpha value is -5.58. The first kappa shape index (κ1) is 29.9. The largest absolute Gasteiger partial charge is 0.497 e. The maximum absolute atomic E-state index is 14.3. The van der Waals surface area contributed by atoms with Crippen molar-refractivity contribution in [2.75, 3.05) is 33.8 Å². The van der Waals surface area contributed by atoms with Crippen LogP contribution < -0.4 is 24.3 Å². The van der Waals surface area contributed by atoms with Crippen molar-refractivity contribution >= 4 is 28.5 Å². The molecule has 1 aromatic heterocycles. The molecule has 4 aromatic carbocycles. The second kappa shape index (κ2) is 13.6. The summed E-state index contributed by atoms with van der Waals surface area (Å²) in [7, 11) is 6.06. The third-order valence-corrected chi connectivity index (χ3v) is 7.14. The Bertz CT molecular complexity index is 1710. The summed E-state index contributed by atoms with van der Waals surface area (Å²) in [5.41, 5.74) is 3.18. The number of rotatable bonds is 12. The summed E-state index contributed by atoms with van der Waals surface area (Å²) < 4.78 is 23.5. The van der Waals surface area contributed by atoms with Gasteiger partial charge < -0.3 is 29.2 Å². The highest BCUT2D eigenvalue weighted by molar-refractivity contribution is 5.98.